The number of imidazole rings is 1. The van der Waals surface area contributed by atoms with Gasteiger partial charge >= 0.3 is 0 Å². The highest BCUT2D eigenvalue weighted by atomic mass is 16.5. The highest BCUT2D eigenvalue weighted by molar-refractivity contribution is 5.99. The summed E-state index contributed by atoms with van der Waals surface area (Å²) in [6.45, 7) is 4.62. The average Bonchev–Trinajstić information content (AvgIpc) is 3.25. The number of fused-ring (bicyclic) bond motifs is 1. The molecule has 0 saturated heterocycles. The van der Waals surface area contributed by atoms with Crippen LogP contribution in [0.25, 0.3) is 5.65 Å². The van der Waals surface area contributed by atoms with Crippen LogP contribution in [0.3, 0.4) is 0 Å². The third-order valence-electron chi connectivity index (χ3n) is 4.99. The quantitative estimate of drug-likeness (QED) is 0.396. The lowest BCUT2D eigenvalue weighted by Gasteiger charge is -2.09. The van der Waals surface area contributed by atoms with Crippen molar-refractivity contribution in [3.63, 3.8) is 0 Å². The lowest BCUT2D eigenvalue weighted by Crippen LogP contribution is -2.32. The second-order valence-electron chi connectivity index (χ2n) is 7.71. The molecular weight excluding hydrogens is 432 g/mol. The van der Waals surface area contributed by atoms with Crippen LogP contribution in [-0.2, 0) is 11.4 Å². The van der Waals surface area contributed by atoms with Crippen molar-refractivity contribution in [1.82, 2.24) is 14.7 Å². The number of anilines is 1. The Bertz CT molecular complexity index is 1300. The molecule has 0 aliphatic heterocycles. The first-order valence-corrected chi connectivity index (χ1v) is 11.0. The van der Waals surface area contributed by atoms with E-state index in [1.165, 1.54) is 0 Å². The van der Waals surface area contributed by atoms with Gasteiger partial charge in [0.05, 0.1) is 18.8 Å². The fourth-order valence-corrected chi connectivity index (χ4v) is 3.38. The van der Waals surface area contributed by atoms with Gasteiger partial charge in [-0.15, -0.1) is 0 Å². The van der Waals surface area contributed by atoms with Gasteiger partial charge in [0.25, 0.3) is 5.91 Å². The molecule has 34 heavy (non-hydrogen) atoms. The van der Waals surface area contributed by atoms with Crippen LogP contribution >= 0.6 is 0 Å². The maximum Gasteiger partial charge on any atom is 0.251 e. The third kappa shape index (κ3) is 5.92. The minimum atomic E-state index is -0.365. The van der Waals surface area contributed by atoms with Gasteiger partial charge < -0.3 is 24.5 Å². The fraction of sp³-hybridized carbons (Fsp3) is 0.192. The summed E-state index contributed by atoms with van der Waals surface area (Å²) < 4.78 is 13.2. The summed E-state index contributed by atoms with van der Waals surface area (Å²) in [7, 11) is 0. The number of aryl methyl sites for hydroxylation is 1. The second-order valence-corrected chi connectivity index (χ2v) is 7.71. The molecular formula is C26H26N4O4. The van der Waals surface area contributed by atoms with Crippen molar-refractivity contribution in [3.8, 4) is 11.5 Å². The molecule has 174 valence electrons. The molecule has 0 radical (unpaired) electrons. The van der Waals surface area contributed by atoms with E-state index in [1.807, 2.05) is 42.8 Å². The van der Waals surface area contributed by atoms with Gasteiger partial charge in [-0.2, -0.15) is 0 Å². The smallest absolute Gasteiger partial charge is 0.251 e. The van der Waals surface area contributed by atoms with Crippen LogP contribution in [0, 0.1) is 6.92 Å². The van der Waals surface area contributed by atoms with Crippen molar-refractivity contribution in [2.24, 2.45) is 0 Å². The number of hydrogen-bond donors (Lipinski definition) is 2. The van der Waals surface area contributed by atoms with Crippen LogP contribution < -0.4 is 20.1 Å². The van der Waals surface area contributed by atoms with E-state index in [-0.39, 0.29) is 25.0 Å². The maximum atomic E-state index is 12.5. The Hall–Kier alpha value is -4.33. The summed E-state index contributed by atoms with van der Waals surface area (Å²) in [5.41, 5.74) is 3.80. The van der Waals surface area contributed by atoms with Crippen LogP contribution in [0.1, 0.15) is 28.5 Å². The van der Waals surface area contributed by atoms with Crippen LogP contribution in [-0.4, -0.2) is 34.4 Å². The van der Waals surface area contributed by atoms with E-state index in [2.05, 4.69) is 15.6 Å². The number of pyridine rings is 1. The Morgan fingerprint density at radius 1 is 0.971 bits per heavy atom. The van der Waals surface area contributed by atoms with E-state index in [0.29, 0.717) is 23.6 Å². The molecule has 0 fully saturated rings. The normalized spacial score (nSPS) is 10.6. The Labute approximate surface area is 197 Å². The summed E-state index contributed by atoms with van der Waals surface area (Å²) in [6.07, 6.45) is 3.92. The summed E-state index contributed by atoms with van der Waals surface area (Å²) in [6, 6.07) is 17.8. The standard InChI is InChI=1S/C26H26N4O4/c1-3-33-22-10-8-20(9-11-22)29-25(31)14-27-26(32)19-5-4-6-23(13-19)34-17-21-16-30-15-18(2)7-12-24(30)28-21/h4-13,15-16H,3,14,17H2,1-2H3,(H,27,32)(H,29,31). The molecule has 0 saturated carbocycles. The summed E-state index contributed by atoms with van der Waals surface area (Å²) in [5.74, 6) is 0.578. The van der Waals surface area contributed by atoms with Crippen molar-refractivity contribution in [3.05, 3.63) is 89.9 Å². The molecule has 0 bridgehead atoms. The zero-order valence-corrected chi connectivity index (χ0v) is 19.1. The summed E-state index contributed by atoms with van der Waals surface area (Å²) >= 11 is 0. The SMILES string of the molecule is CCOc1ccc(NC(=O)CNC(=O)c2cccc(OCc3cn4cc(C)ccc4n3)c2)cc1. The number of nitrogens with one attached hydrogen (secondary N) is 2. The topological polar surface area (TPSA) is 94.0 Å². The number of ether oxygens (including phenoxy) is 2. The predicted octanol–water partition coefficient (Wildman–Crippen LogP) is 3.99. The zero-order chi connectivity index (χ0) is 23.9. The van der Waals surface area contributed by atoms with Crippen LogP contribution in [0.5, 0.6) is 11.5 Å². The number of rotatable bonds is 9. The van der Waals surface area contributed by atoms with Crippen LogP contribution in [0.2, 0.25) is 0 Å². The van der Waals surface area contributed by atoms with E-state index in [4.69, 9.17) is 9.47 Å². The van der Waals surface area contributed by atoms with Gasteiger partial charge in [-0.25, -0.2) is 4.98 Å². The number of hydrogen-bond acceptors (Lipinski definition) is 5. The van der Waals surface area contributed by atoms with Crippen molar-refractivity contribution < 1.29 is 19.1 Å². The number of aromatic nitrogens is 2. The van der Waals surface area contributed by atoms with E-state index < -0.39 is 0 Å². The first kappa shape index (κ1) is 22.8. The number of amides is 2. The van der Waals surface area contributed by atoms with Crippen molar-refractivity contribution in [2.75, 3.05) is 18.5 Å². The molecule has 0 unspecified atom stereocenters. The summed E-state index contributed by atoms with van der Waals surface area (Å²) in [5, 5.41) is 5.37. The van der Waals surface area contributed by atoms with Gasteiger partial charge in [0.2, 0.25) is 5.91 Å². The Kier molecular flexibility index (Phi) is 7.07. The molecule has 4 aromatic rings. The minimum Gasteiger partial charge on any atom is -0.494 e. The molecule has 0 spiro atoms. The second kappa shape index (κ2) is 10.5. The molecule has 0 aliphatic rings. The first-order chi connectivity index (χ1) is 16.5. The van der Waals surface area contributed by atoms with Gasteiger partial charge in [-0.1, -0.05) is 12.1 Å². The van der Waals surface area contributed by atoms with Crippen molar-refractivity contribution in [1.29, 1.82) is 0 Å². The Morgan fingerprint density at radius 3 is 2.59 bits per heavy atom. The highest BCUT2D eigenvalue weighted by Crippen LogP contribution is 2.17. The van der Waals surface area contributed by atoms with Gasteiger partial charge in [0, 0.05) is 23.6 Å². The third-order valence-corrected chi connectivity index (χ3v) is 4.99. The van der Waals surface area contributed by atoms with E-state index in [1.54, 1.807) is 48.5 Å². The maximum absolute atomic E-state index is 12.5. The monoisotopic (exact) mass is 458 g/mol. The Balaban J connectivity index is 1.29. The Morgan fingerprint density at radius 2 is 1.79 bits per heavy atom. The number of nitrogens with zero attached hydrogens (tertiary/aromatic N) is 2. The molecule has 2 heterocycles. The lowest BCUT2D eigenvalue weighted by molar-refractivity contribution is -0.115. The molecule has 0 aliphatic carbocycles. The van der Waals surface area contributed by atoms with Crippen LogP contribution in [0.4, 0.5) is 5.69 Å². The van der Waals surface area contributed by atoms with Crippen LogP contribution in [0.15, 0.2) is 73.1 Å². The van der Waals surface area contributed by atoms with Crippen molar-refractivity contribution >= 4 is 23.1 Å². The first-order valence-electron chi connectivity index (χ1n) is 11.0. The zero-order valence-electron chi connectivity index (χ0n) is 19.1. The molecule has 0 atom stereocenters. The van der Waals surface area contributed by atoms with Gasteiger partial charge in [0.15, 0.2) is 0 Å². The largest absolute Gasteiger partial charge is 0.494 e. The molecule has 2 N–H and O–H groups in total. The molecule has 2 amide bonds. The minimum absolute atomic E-state index is 0.155. The van der Waals surface area contributed by atoms with E-state index in [9.17, 15) is 9.59 Å². The average molecular weight is 459 g/mol. The molecule has 4 rings (SSSR count). The number of carbonyl (C=O) groups is 2. The highest BCUT2D eigenvalue weighted by Gasteiger charge is 2.10. The molecule has 2 aromatic heterocycles. The van der Waals surface area contributed by atoms with Gasteiger partial charge in [-0.05, 0) is 67.9 Å². The summed E-state index contributed by atoms with van der Waals surface area (Å²) in [4.78, 5) is 29.2. The van der Waals surface area contributed by atoms with E-state index in [0.717, 1.165) is 22.7 Å². The van der Waals surface area contributed by atoms with Crippen molar-refractivity contribution in [2.45, 2.75) is 20.5 Å². The fourth-order valence-electron chi connectivity index (χ4n) is 3.38. The number of carbonyl (C=O) groups excluding carboxylic acids is 2. The molecule has 2 aromatic carbocycles. The predicted molar refractivity (Wildman–Crippen MR) is 129 cm³/mol. The molecule has 8 heteroatoms. The van der Waals surface area contributed by atoms with Gasteiger partial charge in [0.1, 0.15) is 23.8 Å². The number of benzene rings is 2. The molecule has 8 nitrogen and oxygen atoms in total. The lowest BCUT2D eigenvalue weighted by atomic mass is 10.2. The van der Waals surface area contributed by atoms with E-state index >= 15 is 0 Å². The van der Waals surface area contributed by atoms with Gasteiger partial charge in [-0.3, -0.25) is 9.59 Å².